The van der Waals surface area contributed by atoms with Gasteiger partial charge in [-0.25, -0.2) is 4.79 Å². The molecule has 6 nitrogen and oxygen atoms in total. The van der Waals surface area contributed by atoms with E-state index in [1.54, 1.807) is 24.3 Å². The van der Waals surface area contributed by atoms with Gasteiger partial charge in [0.25, 0.3) is 0 Å². The van der Waals surface area contributed by atoms with Crippen molar-refractivity contribution in [3.8, 4) is 0 Å². The maximum Gasteiger partial charge on any atom is 0.337 e. The van der Waals surface area contributed by atoms with Crippen molar-refractivity contribution >= 4 is 23.3 Å². The third-order valence-electron chi connectivity index (χ3n) is 5.51. The molecule has 1 aliphatic heterocycles. The number of nitrogens with one attached hydrogen (secondary N) is 1. The Morgan fingerprint density at radius 1 is 1.03 bits per heavy atom. The van der Waals surface area contributed by atoms with Gasteiger partial charge in [0.15, 0.2) is 0 Å². The third-order valence-corrected chi connectivity index (χ3v) is 5.51. The van der Waals surface area contributed by atoms with Crippen molar-refractivity contribution in [1.82, 2.24) is 4.90 Å². The monoisotopic (exact) mass is 395 g/mol. The maximum atomic E-state index is 12.3. The predicted octanol–water partition coefficient (Wildman–Crippen LogP) is 3.24. The molecule has 6 heteroatoms. The molecule has 2 aromatic carbocycles. The number of amides is 1. The van der Waals surface area contributed by atoms with Gasteiger partial charge in [-0.15, -0.1) is 0 Å². The minimum absolute atomic E-state index is 0.0519. The van der Waals surface area contributed by atoms with Crippen LogP contribution in [-0.2, 0) is 9.53 Å². The quantitative estimate of drug-likeness (QED) is 0.761. The Morgan fingerprint density at radius 3 is 2.48 bits per heavy atom. The first-order valence-electron chi connectivity index (χ1n) is 9.99. The summed E-state index contributed by atoms with van der Waals surface area (Å²) >= 11 is 0. The summed E-state index contributed by atoms with van der Waals surface area (Å²) in [6.45, 7) is 8.87. The number of aryl methyl sites for hydroxylation is 1. The Morgan fingerprint density at radius 2 is 1.76 bits per heavy atom. The number of rotatable bonds is 6. The van der Waals surface area contributed by atoms with E-state index in [1.165, 1.54) is 23.9 Å². The van der Waals surface area contributed by atoms with Crippen LogP contribution in [0.1, 0.15) is 27.9 Å². The molecule has 0 atom stereocenters. The van der Waals surface area contributed by atoms with Crippen molar-refractivity contribution in [1.29, 1.82) is 0 Å². The fraction of sp³-hybridized carbons (Fsp3) is 0.391. The van der Waals surface area contributed by atoms with Crippen molar-refractivity contribution in [3.63, 3.8) is 0 Å². The first-order chi connectivity index (χ1) is 14.0. The summed E-state index contributed by atoms with van der Waals surface area (Å²) < 4.78 is 4.72. The Bertz CT molecular complexity index is 873. The molecule has 1 amide bonds. The van der Waals surface area contributed by atoms with E-state index in [0.29, 0.717) is 17.7 Å². The zero-order valence-electron chi connectivity index (χ0n) is 17.4. The summed E-state index contributed by atoms with van der Waals surface area (Å²) in [5.74, 6) is -0.466. The van der Waals surface area contributed by atoms with Gasteiger partial charge in [0.1, 0.15) is 0 Å². The van der Waals surface area contributed by atoms with Crippen molar-refractivity contribution < 1.29 is 14.3 Å². The second kappa shape index (κ2) is 9.56. The van der Waals surface area contributed by atoms with Crippen LogP contribution >= 0.6 is 0 Å². The molecule has 2 aromatic rings. The average Bonchev–Trinajstić information content (AvgIpc) is 2.74. The van der Waals surface area contributed by atoms with Crippen LogP contribution in [0.3, 0.4) is 0 Å². The minimum Gasteiger partial charge on any atom is -0.465 e. The molecular weight excluding hydrogens is 366 g/mol. The standard InChI is InChI=1S/C23H29N3O3/c1-17-6-4-9-21(18(17)2)26-14-12-25(13-15-26)11-10-22(27)24-20-8-5-7-19(16-20)23(28)29-3/h4-9,16H,10-15H2,1-3H3,(H,24,27). The van der Waals surface area contributed by atoms with Crippen LogP contribution in [0, 0.1) is 13.8 Å². The van der Waals surface area contributed by atoms with Crippen molar-refractivity contribution in [2.24, 2.45) is 0 Å². The van der Waals surface area contributed by atoms with Gasteiger partial charge in [-0.1, -0.05) is 18.2 Å². The molecule has 1 fully saturated rings. The molecule has 0 unspecified atom stereocenters. The number of carbonyl (C=O) groups excluding carboxylic acids is 2. The second-order valence-electron chi connectivity index (χ2n) is 7.42. The maximum absolute atomic E-state index is 12.3. The molecule has 0 radical (unpaired) electrons. The smallest absolute Gasteiger partial charge is 0.337 e. The number of hydrogen-bond donors (Lipinski definition) is 1. The van der Waals surface area contributed by atoms with E-state index in [9.17, 15) is 9.59 Å². The highest BCUT2D eigenvalue weighted by Gasteiger charge is 2.19. The minimum atomic E-state index is -0.414. The molecule has 1 saturated heterocycles. The first kappa shape index (κ1) is 20.9. The fourth-order valence-corrected chi connectivity index (χ4v) is 3.62. The predicted molar refractivity (Wildman–Crippen MR) is 116 cm³/mol. The van der Waals surface area contributed by atoms with Crippen LogP contribution in [0.5, 0.6) is 0 Å². The van der Waals surface area contributed by atoms with E-state index >= 15 is 0 Å². The Balaban J connectivity index is 1.46. The number of piperazine rings is 1. The number of carbonyl (C=O) groups is 2. The lowest BCUT2D eigenvalue weighted by atomic mass is 10.1. The number of methoxy groups -OCH3 is 1. The summed E-state index contributed by atoms with van der Waals surface area (Å²) in [7, 11) is 1.34. The van der Waals surface area contributed by atoms with Gasteiger partial charge in [0.2, 0.25) is 5.91 Å². The molecule has 0 aliphatic carbocycles. The number of nitrogens with zero attached hydrogens (tertiary/aromatic N) is 2. The Labute approximate surface area is 172 Å². The normalized spacial score (nSPS) is 14.5. The average molecular weight is 396 g/mol. The topological polar surface area (TPSA) is 61.9 Å². The second-order valence-corrected chi connectivity index (χ2v) is 7.42. The zero-order valence-corrected chi connectivity index (χ0v) is 17.4. The van der Waals surface area contributed by atoms with Gasteiger partial charge in [0, 0.05) is 50.5 Å². The molecule has 0 spiro atoms. The van der Waals surface area contributed by atoms with Gasteiger partial charge in [0.05, 0.1) is 12.7 Å². The number of benzene rings is 2. The van der Waals surface area contributed by atoms with E-state index in [-0.39, 0.29) is 5.91 Å². The Hall–Kier alpha value is -2.86. The van der Waals surface area contributed by atoms with Crippen molar-refractivity contribution in [2.75, 3.05) is 50.1 Å². The van der Waals surface area contributed by atoms with Crippen LogP contribution < -0.4 is 10.2 Å². The SMILES string of the molecule is COC(=O)c1cccc(NC(=O)CCN2CCN(c3cccc(C)c3C)CC2)c1. The van der Waals surface area contributed by atoms with Crippen LogP contribution in [0.25, 0.3) is 0 Å². The van der Waals surface area contributed by atoms with Gasteiger partial charge in [-0.3, -0.25) is 9.69 Å². The summed E-state index contributed by atoms with van der Waals surface area (Å²) in [6, 6.07) is 13.2. The van der Waals surface area contributed by atoms with Gasteiger partial charge in [-0.2, -0.15) is 0 Å². The van der Waals surface area contributed by atoms with Gasteiger partial charge >= 0.3 is 5.97 Å². The zero-order chi connectivity index (χ0) is 20.8. The molecule has 3 rings (SSSR count). The molecule has 1 aliphatic rings. The molecule has 0 aromatic heterocycles. The van der Waals surface area contributed by atoms with Crippen LogP contribution in [0.2, 0.25) is 0 Å². The first-order valence-corrected chi connectivity index (χ1v) is 9.99. The highest BCUT2D eigenvalue weighted by molar-refractivity contribution is 5.94. The molecule has 0 saturated carbocycles. The Kier molecular flexibility index (Phi) is 6.88. The largest absolute Gasteiger partial charge is 0.465 e. The molecule has 0 bridgehead atoms. The summed E-state index contributed by atoms with van der Waals surface area (Å²) in [6.07, 6.45) is 0.423. The number of ether oxygens (including phenoxy) is 1. The van der Waals surface area contributed by atoms with Crippen molar-refractivity contribution in [3.05, 3.63) is 59.2 Å². The van der Waals surface area contributed by atoms with E-state index in [1.807, 2.05) is 0 Å². The van der Waals surface area contributed by atoms with E-state index in [2.05, 4.69) is 47.2 Å². The van der Waals surface area contributed by atoms with Crippen LogP contribution in [0.15, 0.2) is 42.5 Å². The van der Waals surface area contributed by atoms with Crippen LogP contribution in [-0.4, -0.2) is 56.6 Å². The van der Waals surface area contributed by atoms with Crippen LogP contribution in [0.4, 0.5) is 11.4 Å². The third kappa shape index (κ3) is 5.35. The molecule has 1 N–H and O–H groups in total. The summed E-state index contributed by atoms with van der Waals surface area (Å²) in [5, 5.41) is 2.87. The lowest BCUT2D eigenvalue weighted by molar-refractivity contribution is -0.116. The molecular formula is C23H29N3O3. The van der Waals surface area contributed by atoms with E-state index in [0.717, 1.165) is 32.7 Å². The van der Waals surface area contributed by atoms with Crippen molar-refractivity contribution in [2.45, 2.75) is 20.3 Å². The van der Waals surface area contributed by atoms with Gasteiger partial charge < -0.3 is 15.0 Å². The number of hydrogen-bond acceptors (Lipinski definition) is 5. The summed E-state index contributed by atoms with van der Waals surface area (Å²) in [4.78, 5) is 28.7. The van der Waals surface area contributed by atoms with E-state index in [4.69, 9.17) is 4.74 Å². The highest BCUT2D eigenvalue weighted by atomic mass is 16.5. The molecule has 1 heterocycles. The number of anilines is 2. The van der Waals surface area contributed by atoms with Gasteiger partial charge in [-0.05, 0) is 49.2 Å². The highest BCUT2D eigenvalue weighted by Crippen LogP contribution is 2.23. The molecule has 29 heavy (non-hydrogen) atoms. The molecule has 154 valence electrons. The number of esters is 1. The fourth-order valence-electron chi connectivity index (χ4n) is 3.62. The lowest BCUT2D eigenvalue weighted by Crippen LogP contribution is -2.47. The summed E-state index contributed by atoms with van der Waals surface area (Å²) in [5.41, 5.74) is 5.01. The lowest BCUT2D eigenvalue weighted by Gasteiger charge is -2.37. The van der Waals surface area contributed by atoms with E-state index < -0.39 is 5.97 Å².